The Morgan fingerprint density at radius 2 is 1.62 bits per heavy atom. The van der Waals surface area contributed by atoms with Crippen LogP contribution >= 0.6 is 0 Å². The number of carbonyl (C=O) groups excluding carboxylic acids is 2. The molecule has 0 unspecified atom stereocenters. The van der Waals surface area contributed by atoms with Crippen LogP contribution < -0.4 is 10.6 Å². The van der Waals surface area contributed by atoms with Gasteiger partial charge in [0.2, 0.25) is 11.8 Å². The molecule has 2 amide bonds. The third-order valence-electron chi connectivity index (χ3n) is 4.47. The normalized spacial score (nSPS) is 11.1. The number of aryl methyl sites for hydroxylation is 2. The number of nitrogens with zero attached hydrogens (tertiary/aromatic N) is 1. The zero-order chi connectivity index (χ0) is 21.6. The first-order chi connectivity index (χ1) is 13.6. The number of para-hydroxylation sites is 2. The van der Waals surface area contributed by atoms with Gasteiger partial charge in [-0.05, 0) is 44.0 Å². The Bertz CT molecular complexity index is 861. The predicted molar refractivity (Wildman–Crippen MR) is 107 cm³/mol. The summed E-state index contributed by atoms with van der Waals surface area (Å²) < 4.78 is 39.2. The average Bonchev–Trinajstić information content (AvgIpc) is 2.65. The van der Waals surface area contributed by atoms with E-state index in [1.807, 2.05) is 32.0 Å². The van der Waals surface area contributed by atoms with Crippen molar-refractivity contribution in [1.82, 2.24) is 4.90 Å². The van der Waals surface area contributed by atoms with Gasteiger partial charge in [-0.1, -0.05) is 30.3 Å². The first-order valence-electron chi connectivity index (χ1n) is 9.17. The van der Waals surface area contributed by atoms with Gasteiger partial charge >= 0.3 is 6.18 Å². The van der Waals surface area contributed by atoms with Crippen LogP contribution in [-0.2, 0) is 15.8 Å². The van der Waals surface area contributed by atoms with Crippen molar-refractivity contribution < 1.29 is 22.8 Å². The van der Waals surface area contributed by atoms with Crippen LogP contribution in [0, 0.1) is 13.8 Å². The van der Waals surface area contributed by atoms with Gasteiger partial charge in [0.1, 0.15) is 0 Å². The lowest BCUT2D eigenvalue weighted by Gasteiger charge is -2.22. The molecule has 2 rings (SSSR count). The number of hydrogen-bond donors (Lipinski definition) is 2. The molecule has 0 radical (unpaired) electrons. The molecule has 0 aliphatic heterocycles. The number of rotatable bonds is 7. The minimum absolute atomic E-state index is 0.0219. The molecule has 156 valence electrons. The monoisotopic (exact) mass is 407 g/mol. The van der Waals surface area contributed by atoms with Crippen LogP contribution in [0.2, 0.25) is 0 Å². The molecule has 8 heteroatoms. The molecule has 0 aliphatic rings. The lowest BCUT2D eigenvalue weighted by molar-refractivity contribution is -0.137. The fourth-order valence-corrected chi connectivity index (χ4v) is 2.95. The lowest BCUT2D eigenvalue weighted by atomic mass is 10.1. The summed E-state index contributed by atoms with van der Waals surface area (Å²) in [5.41, 5.74) is 1.56. The van der Waals surface area contributed by atoms with Crippen molar-refractivity contribution >= 4 is 23.2 Å². The first-order valence-corrected chi connectivity index (χ1v) is 9.17. The Kier molecular flexibility index (Phi) is 7.25. The number of likely N-dealkylation sites (N-methyl/N-ethyl adjacent to an activating group) is 1. The van der Waals surface area contributed by atoms with Gasteiger partial charge in [0, 0.05) is 12.2 Å². The molecule has 0 fully saturated rings. The van der Waals surface area contributed by atoms with Crippen molar-refractivity contribution in [3.8, 4) is 0 Å². The van der Waals surface area contributed by atoms with Gasteiger partial charge in [0.05, 0.1) is 24.3 Å². The number of anilines is 2. The summed E-state index contributed by atoms with van der Waals surface area (Å²) in [6.45, 7) is 5.43. The van der Waals surface area contributed by atoms with Gasteiger partial charge in [-0.25, -0.2) is 0 Å². The summed E-state index contributed by atoms with van der Waals surface area (Å²) in [5.74, 6) is -1.02. The highest BCUT2D eigenvalue weighted by Gasteiger charge is 2.33. The number of hydrogen-bond acceptors (Lipinski definition) is 3. The van der Waals surface area contributed by atoms with E-state index in [1.54, 1.807) is 6.92 Å². The van der Waals surface area contributed by atoms with Crippen LogP contribution in [0.5, 0.6) is 0 Å². The number of amides is 2. The Hall–Kier alpha value is -3.03. The third kappa shape index (κ3) is 5.97. The van der Waals surface area contributed by atoms with E-state index in [4.69, 9.17) is 0 Å². The quantitative estimate of drug-likeness (QED) is 0.722. The molecule has 29 heavy (non-hydrogen) atoms. The van der Waals surface area contributed by atoms with Crippen LogP contribution in [0.15, 0.2) is 42.5 Å². The van der Waals surface area contributed by atoms with Gasteiger partial charge in [-0.3, -0.25) is 9.59 Å². The van der Waals surface area contributed by atoms with Gasteiger partial charge in [-0.15, -0.1) is 0 Å². The van der Waals surface area contributed by atoms with Crippen molar-refractivity contribution in [3.05, 3.63) is 59.2 Å². The van der Waals surface area contributed by atoms with Crippen LogP contribution in [0.4, 0.5) is 24.5 Å². The number of carbonyl (C=O) groups is 2. The molecule has 2 aromatic rings. The Labute approximate surface area is 167 Å². The van der Waals surface area contributed by atoms with Gasteiger partial charge in [0.15, 0.2) is 0 Å². The number of alkyl halides is 3. The zero-order valence-electron chi connectivity index (χ0n) is 16.6. The Balaban J connectivity index is 2.00. The molecule has 0 heterocycles. The van der Waals surface area contributed by atoms with Crippen LogP contribution in [0.25, 0.3) is 0 Å². The summed E-state index contributed by atoms with van der Waals surface area (Å²) >= 11 is 0. The molecule has 0 aliphatic carbocycles. The highest BCUT2D eigenvalue weighted by Crippen LogP contribution is 2.34. The summed E-state index contributed by atoms with van der Waals surface area (Å²) in [4.78, 5) is 26.0. The van der Waals surface area contributed by atoms with Crippen LogP contribution in [0.1, 0.15) is 23.6 Å². The van der Waals surface area contributed by atoms with Crippen molar-refractivity contribution in [1.29, 1.82) is 0 Å². The topological polar surface area (TPSA) is 61.4 Å². The second-order valence-electron chi connectivity index (χ2n) is 6.62. The highest BCUT2D eigenvalue weighted by molar-refractivity contribution is 5.95. The van der Waals surface area contributed by atoms with Gasteiger partial charge in [0.25, 0.3) is 0 Å². The third-order valence-corrected chi connectivity index (χ3v) is 4.47. The van der Waals surface area contributed by atoms with Crippen LogP contribution in [0.3, 0.4) is 0 Å². The van der Waals surface area contributed by atoms with Crippen molar-refractivity contribution in [2.75, 3.05) is 30.3 Å². The van der Waals surface area contributed by atoms with Crippen molar-refractivity contribution in [2.45, 2.75) is 26.9 Å². The number of benzene rings is 2. The smallest absolute Gasteiger partial charge is 0.376 e. The Morgan fingerprint density at radius 1 is 1.00 bits per heavy atom. The standard InChI is InChI=1S/C21H24F3N3O2/c1-4-27(19(29)12-25-20-14(2)8-7-9-15(20)3)13-18(28)26-17-11-6-5-10-16(17)21(22,23)24/h5-11,25H,4,12-13H2,1-3H3,(H,26,28). The summed E-state index contributed by atoms with van der Waals surface area (Å²) in [5, 5.41) is 5.33. The second kappa shape index (κ2) is 9.45. The molecule has 0 bridgehead atoms. The summed E-state index contributed by atoms with van der Waals surface area (Å²) in [6.07, 6.45) is -4.58. The largest absolute Gasteiger partial charge is 0.418 e. The van der Waals surface area contributed by atoms with E-state index in [9.17, 15) is 22.8 Å². The van der Waals surface area contributed by atoms with Crippen molar-refractivity contribution in [3.63, 3.8) is 0 Å². The molecule has 0 atom stereocenters. The molecule has 5 nitrogen and oxygen atoms in total. The number of nitrogens with one attached hydrogen (secondary N) is 2. The van der Waals surface area contributed by atoms with E-state index in [-0.39, 0.29) is 31.2 Å². The fourth-order valence-electron chi connectivity index (χ4n) is 2.95. The SMILES string of the molecule is CCN(CC(=O)Nc1ccccc1C(F)(F)F)C(=O)CNc1c(C)cccc1C. The maximum Gasteiger partial charge on any atom is 0.418 e. The fraction of sp³-hybridized carbons (Fsp3) is 0.333. The lowest BCUT2D eigenvalue weighted by Crippen LogP contribution is -2.41. The maximum atomic E-state index is 13.1. The van der Waals surface area contributed by atoms with Gasteiger partial charge < -0.3 is 15.5 Å². The van der Waals surface area contributed by atoms with E-state index < -0.39 is 17.6 Å². The zero-order valence-corrected chi connectivity index (χ0v) is 16.6. The highest BCUT2D eigenvalue weighted by atomic mass is 19.4. The average molecular weight is 407 g/mol. The molecular weight excluding hydrogens is 383 g/mol. The minimum atomic E-state index is -4.58. The maximum absolute atomic E-state index is 13.1. The van der Waals surface area contributed by atoms with E-state index in [0.717, 1.165) is 22.9 Å². The molecule has 0 aromatic heterocycles. The van der Waals surface area contributed by atoms with E-state index in [1.165, 1.54) is 23.1 Å². The summed E-state index contributed by atoms with van der Waals surface area (Å²) in [6, 6.07) is 10.5. The second-order valence-corrected chi connectivity index (χ2v) is 6.62. The molecule has 0 saturated carbocycles. The number of halogens is 3. The van der Waals surface area contributed by atoms with Crippen LogP contribution in [-0.4, -0.2) is 36.3 Å². The predicted octanol–water partition coefficient (Wildman–Crippen LogP) is 4.22. The van der Waals surface area contributed by atoms with Gasteiger partial charge in [-0.2, -0.15) is 13.2 Å². The minimum Gasteiger partial charge on any atom is -0.376 e. The molecule has 2 N–H and O–H groups in total. The molecular formula is C21H24F3N3O2. The molecule has 2 aromatic carbocycles. The van der Waals surface area contributed by atoms with E-state index in [0.29, 0.717) is 0 Å². The van der Waals surface area contributed by atoms with E-state index in [2.05, 4.69) is 10.6 Å². The van der Waals surface area contributed by atoms with E-state index >= 15 is 0 Å². The first kappa shape index (κ1) is 22.3. The van der Waals surface area contributed by atoms with Crippen molar-refractivity contribution in [2.24, 2.45) is 0 Å². The summed E-state index contributed by atoms with van der Waals surface area (Å²) in [7, 11) is 0. The molecule has 0 spiro atoms. The Morgan fingerprint density at radius 3 is 2.21 bits per heavy atom. The molecule has 0 saturated heterocycles.